The Labute approximate surface area is 117 Å². The summed E-state index contributed by atoms with van der Waals surface area (Å²) in [4.78, 5) is 19.3. The van der Waals surface area contributed by atoms with E-state index in [1.165, 1.54) is 0 Å². The molecule has 0 unspecified atom stereocenters. The first-order valence-corrected chi connectivity index (χ1v) is 6.50. The lowest BCUT2D eigenvalue weighted by Gasteiger charge is -2.03. The van der Waals surface area contributed by atoms with Crippen LogP contribution in [0.4, 0.5) is 0 Å². The van der Waals surface area contributed by atoms with E-state index in [9.17, 15) is 4.79 Å². The van der Waals surface area contributed by atoms with E-state index in [2.05, 4.69) is 9.97 Å². The van der Waals surface area contributed by atoms with Crippen molar-refractivity contribution in [2.24, 2.45) is 0 Å². The molecule has 0 bridgehead atoms. The predicted octanol–water partition coefficient (Wildman–Crippen LogP) is 3.03. The summed E-state index contributed by atoms with van der Waals surface area (Å²) in [5.74, 6) is 0.604. The first-order valence-electron chi connectivity index (χ1n) is 6.50. The molecule has 98 valence electrons. The van der Waals surface area contributed by atoms with Gasteiger partial charge in [-0.1, -0.05) is 60.7 Å². The molecule has 0 aliphatic carbocycles. The van der Waals surface area contributed by atoms with Gasteiger partial charge in [0, 0.05) is 23.7 Å². The highest BCUT2D eigenvalue weighted by molar-refractivity contribution is 5.54. The van der Waals surface area contributed by atoms with Crippen LogP contribution in [0, 0.1) is 0 Å². The van der Waals surface area contributed by atoms with Crippen LogP contribution in [-0.4, -0.2) is 9.97 Å². The van der Waals surface area contributed by atoms with Crippen molar-refractivity contribution in [3.8, 4) is 11.4 Å². The van der Waals surface area contributed by atoms with Crippen molar-refractivity contribution in [3.05, 3.63) is 88.3 Å². The molecule has 0 fully saturated rings. The van der Waals surface area contributed by atoms with Crippen LogP contribution in [0.25, 0.3) is 11.4 Å². The summed E-state index contributed by atoms with van der Waals surface area (Å²) in [6, 6.07) is 19.5. The van der Waals surface area contributed by atoms with E-state index in [1.807, 2.05) is 60.7 Å². The Morgan fingerprint density at radius 1 is 0.900 bits per heavy atom. The summed E-state index contributed by atoms with van der Waals surface area (Å²) in [6.07, 6.45) is 2.26. The standard InChI is InChI=1S/C17H14N2O/c20-17-15(11-13-7-3-1-4-8-13)12-18-16(19-17)14-9-5-2-6-10-14/h1-10,12H,11H2,(H,18,19,20). The first kappa shape index (κ1) is 12.4. The van der Waals surface area contributed by atoms with Gasteiger partial charge in [0.25, 0.3) is 5.56 Å². The number of nitrogens with one attached hydrogen (secondary N) is 1. The summed E-state index contributed by atoms with van der Waals surface area (Å²) in [7, 11) is 0. The van der Waals surface area contributed by atoms with Crippen molar-refractivity contribution in [2.75, 3.05) is 0 Å². The van der Waals surface area contributed by atoms with Crippen LogP contribution >= 0.6 is 0 Å². The molecule has 0 amide bonds. The van der Waals surface area contributed by atoms with Crippen LogP contribution in [0.3, 0.4) is 0 Å². The van der Waals surface area contributed by atoms with Gasteiger partial charge >= 0.3 is 0 Å². The van der Waals surface area contributed by atoms with E-state index in [0.29, 0.717) is 17.8 Å². The zero-order chi connectivity index (χ0) is 13.8. The van der Waals surface area contributed by atoms with Gasteiger partial charge in [-0.25, -0.2) is 4.98 Å². The fourth-order valence-corrected chi connectivity index (χ4v) is 2.11. The Balaban J connectivity index is 1.91. The molecule has 1 N–H and O–H groups in total. The number of H-pyrrole nitrogens is 1. The zero-order valence-electron chi connectivity index (χ0n) is 10.9. The van der Waals surface area contributed by atoms with Crippen LogP contribution in [0.1, 0.15) is 11.1 Å². The zero-order valence-corrected chi connectivity index (χ0v) is 10.9. The normalized spacial score (nSPS) is 10.4. The third kappa shape index (κ3) is 2.67. The number of aromatic nitrogens is 2. The van der Waals surface area contributed by atoms with Gasteiger partial charge < -0.3 is 4.98 Å². The minimum atomic E-state index is -0.0808. The molecule has 0 atom stereocenters. The van der Waals surface area contributed by atoms with Crippen LogP contribution in [0.15, 0.2) is 71.7 Å². The molecular formula is C17H14N2O. The number of benzene rings is 2. The van der Waals surface area contributed by atoms with E-state index >= 15 is 0 Å². The Hall–Kier alpha value is -2.68. The molecule has 3 heteroatoms. The van der Waals surface area contributed by atoms with Crippen LogP contribution in [0.5, 0.6) is 0 Å². The number of nitrogens with zero attached hydrogens (tertiary/aromatic N) is 1. The fraction of sp³-hybridized carbons (Fsp3) is 0.0588. The second kappa shape index (κ2) is 5.53. The van der Waals surface area contributed by atoms with Crippen molar-refractivity contribution in [2.45, 2.75) is 6.42 Å². The lowest BCUT2D eigenvalue weighted by Crippen LogP contribution is -2.14. The predicted molar refractivity (Wildman–Crippen MR) is 79.5 cm³/mol. The average Bonchev–Trinajstić information content (AvgIpc) is 2.51. The van der Waals surface area contributed by atoms with E-state index < -0.39 is 0 Å². The molecule has 1 aromatic heterocycles. The van der Waals surface area contributed by atoms with E-state index in [4.69, 9.17) is 0 Å². The highest BCUT2D eigenvalue weighted by Crippen LogP contribution is 2.12. The summed E-state index contributed by atoms with van der Waals surface area (Å²) in [5.41, 5.74) is 2.61. The molecule has 3 aromatic rings. The number of rotatable bonds is 3. The number of aromatic amines is 1. The summed E-state index contributed by atoms with van der Waals surface area (Å²) in [5, 5.41) is 0. The van der Waals surface area contributed by atoms with Crippen molar-refractivity contribution < 1.29 is 0 Å². The molecule has 0 aliphatic heterocycles. The molecule has 1 heterocycles. The largest absolute Gasteiger partial charge is 0.306 e. The van der Waals surface area contributed by atoms with Crippen LogP contribution in [0.2, 0.25) is 0 Å². The summed E-state index contributed by atoms with van der Waals surface area (Å²) in [6.45, 7) is 0. The molecule has 3 nitrogen and oxygen atoms in total. The van der Waals surface area contributed by atoms with E-state index in [1.54, 1.807) is 6.20 Å². The summed E-state index contributed by atoms with van der Waals surface area (Å²) >= 11 is 0. The van der Waals surface area contributed by atoms with E-state index in [0.717, 1.165) is 11.1 Å². The van der Waals surface area contributed by atoms with Crippen molar-refractivity contribution in [3.63, 3.8) is 0 Å². The number of hydrogen-bond acceptors (Lipinski definition) is 2. The first-order chi connectivity index (χ1) is 9.83. The quantitative estimate of drug-likeness (QED) is 0.788. The van der Waals surface area contributed by atoms with Gasteiger partial charge in [0.2, 0.25) is 0 Å². The average molecular weight is 262 g/mol. The maximum absolute atomic E-state index is 12.1. The molecule has 0 aliphatic rings. The minimum absolute atomic E-state index is 0.0808. The molecular weight excluding hydrogens is 248 g/mol. The molecule has 2 aromatic carbocycles. The lowest BCUT2D eigenvalue weighted by molar-refractivity contribution is 1.03. The lowest BCUT2D eigenvalue weighted by atomic mass is 10.1. The highest BCUT2D eigenvalue weighted by Gasteiger charge is 2.05. The van der Waals surface area contributed by atoms with Crippen molar-refractivity contribution in [1.82, 2.24) is 9.97 Å². The van der Waals surface area contributed by atoms with Gasteiger partial charge in [-0.2, -0.15) is 0 Å². The maximum atomic E-state index is 12.1. The molecule has 0 radical (unpaired) electrons. The Kier molecular flexibility index (Phi) is 3.42. The third-order valence-corrected chi connectivity index (χ3v) is 3.16. The molecule has 0 saturated carbocycles. The second-order valence-electron chi connectivity index (χ2n) is 4.61. The van der Waals surface area contributed by atoms with Crippen LogP contribution < -0.4 is 5.56 Å². The Morgan fingerprint density at radius 2 is 1.55 bits per heavy atom. The van der Waals surface area contributed by atoms with Gasteiger partial charge in [0.1, 0.15) is 5.82 Å². The highest BCUT2D eigenvalue weighted by atomic mass is 16.1. The monoisotopic (exact) mass is 262 g/mol. The molecule has 20 heavy (non-hydrogen) atoms. The minimum Gasteiger partial charge on any atom is -0.306 e. The maximum Gasteiger partial charge on any atom is 0.254 e. The van der Waals surface area contributed by atoms with Gasteiger partial charge in [-0.15, -0.1) is 0 Å². The van der Waals surface area contributed by atoms with Gasteiger partial charge in [-0.3, -0.25) is 4.79 Å². The molecule has 3 rings (SSSR count). The smallest absolute Gasteiger partial charge is 0.254 e. The van der Waals surface area contributed by atoms with Crippen molar-refractivity contribution in [1.29, 1.82) is 0 Å². The Bertz CT molecular complexity index is 749. The summed E-state index contributed by atoms with van der Waals surface area (Å²) < 4.78 is 0. The number of hydrogen-bond donors (Lipinski definition) is 1. The van der Waals surface area contributed by atoms with Gasteiger partial charge in [-0.05, 0) is 5.56 Å². The van der Waals surface area contributed by atoms with E-state index in [-0.39, 0.29) is 5.56 Å². The molecule has 0 saturated heterocycles. The van der Waals surface area contributed by atoms with Crippen molar-refractivity contribution >= 4 is 0 Å². The SMILES string of the molecule is O=c1[nH]c(-c2ccccc2)ncc1Cc1ccccc1. The van der Waals surface area contributed by atoms with Gasteiger partial charge in [0.15, 0.2) is 0 Å². The fourth-order valence-electron chi connectivity index (χ4n) is 2.11. The second-order valence-corrected chi connectivity index (χ2v) is 4.61. The Morgan fingerprint density at radius 3 is 2.20 bits per heavy atom. The third-order valence-electron chi connectivity index (χ3n) is 3.16. The van der Waals surface area contributed by atoms with Gasteiger partial charge in [0.05, 0.1) is 0 Å². The van der Waals surface area contributed by atoms with Crippen LogP contribution in [-0.2, 0) is 6.42 Å². The molecule has 0 spiro atoms. The topological polar surface area (TPSA) is 45.8 Å².